The molecule has 2 heterocycles. The number of H-pyrrole nitrogens is 1. The molecule has 2 aromatic carbocycles. The van der Waals surface area contributed by atoms with Crippen molar-refractivity contribution in [2.45, 2.75) is 11.9 Å². The molecule has 29 heavy (non-hydrogen) atoms. The molecule has 0 fully saturated rings. The van der Waals surface area contributed by atoms with Crippen molar-refractivity contribution in [2.24, 2.45) is 0 Å². The molecule has 0 aliphatic heterocycles. The van der Waals surface area contributed by atoms with E-state index in [1.54, 1.807) is 6.07 Å². The third-order valence-electron chi connectivity index (χ3n) is 4.14. The number of aryl methyl sites for hydroxylation is 1. The molecule has 0 bridgehead atoms. The summed E-state index contributed by atoms with van der Waals surface area (Å²) in [5.74, 6) is 3.04. The lowest BCUT2D eigenvalue weighted by molar-refractivity contribution is 0.480. The molecule has 4 rings (SSSR count). The van der Waals surface area contributed by atoms with E-state index in [0.717, 1.165) is 16.3 Å². The highest BCUT2D eigenvalue weighted by molar-refractivity contribution is 7.98. The van der Waals surface area contributed by atoms with Crippen LogP contribution < -0.4 is 15.8 Å². The molecule has 0 saturated carbocycles. The lowest BCUT2D eigenvalue weighted by Crippen LogP contribution is -1.93. The Bertz CT molecular complexity index is 1130. The molecule has 0 saturated heterocycles. The average Bonchev–Trinajstić information content (AvgIpc) is 3.16. The highest BCUT2D eigenvalue weighted by atomic mass is 32.2. The summed E-state index contributed by atoms with van der Waals surface area (Å²) < 4.78 is 5.90. The minimum atomic E-state index is 0.429. The quantitative estimate of drug-likeness (QED) is 0.388. The zero-order valence-corrected chi connectivity index (χ0v) is 16.8. The minimum Gasteiger partial charge on any atom is -0.457 e. The van der Waals surface area contributed by atoms with Crippen molar-refractivity contribution in [2.75, 3.05) is 17.3 Å². The number of anilines is 3. The van der Waals surface area contributed by atoms with Gasteiger partial charge in [-0.15, -0.1) is 22.0 Å². The van der Waals surface area contributed by atoms with E-state index in [9.17, 15) is 0 Å². The Kier molecular flexibility index (Phi) is 5.35. The molecule has 0 spiro atoms. The summed E-state index contributed by atoms with van der Waals surface area (Å²) in [5.41, 5.74) is 8.86. The van der Waals surface area contributed by atoms with Crippen LogP contribution in [0.1, 0.15) is 5.56 Å². The zero-order valence-electron chi connectivity index (χ0n) is 16.0. The van der Waals surface area contributed by atoms with Gasteiger partial charge in [0, 0.05) is 23.4 Å². The Morgan fingerprint density at radius 1 is 1.00 bits per heavy atom. The third kappa shape index (κ3) is 4.67. The van der Waals surface area contributed by atoms with E-state index in [1.165, 1.54) is 17.3 Å². The molecule has 146 valence electrons. The molecule has 0 amide bonds. The number of aromatic nitrogens is 4. The maximum absolute atomic E-state index is 5.90. The second-order valence-electron chi connectivity index (χ2n) is 6.41. The topological polar surface area (TPSA) is 102 Å². The number of nitrogens with two attached hydrogens (primary N) is 1. The highest BCUT2D eigenvalue weighted by Gasteiger charge is 2.07. The average molecular weight is 404 g/mol. The lowest BCUT2D eigenvalue weighted by atomic mass is 10.2. The first-order valence-electron chi connectivity index (χ1n) is 8.95. The predicted molar refractivity (Wildman–Crippen MR) is 117 cm³/mol. The van der Waals surface area contributed by atoms with Crippen molar-refractivity contribution in [3.8, 4) is 22.9 Å². The number of pyridine rings is 1. The first-order valence-corrected chi connectivity index (χ1v) is 10.2. The van der Waals surface area contributed by atoms with Crippen molar-refractivity contribution in [1.29, 1.82) is 0 Å². The van der Waals surface area contributed by atoms with Crippen LogP contribution in [-0.4, -0.2) is 26.4 Å². The van der Waals surface area contributed by atoms with Crippen LogP contribution in [0.5, 0.6) is 11.5 Å². The summed E-state index contributed by atoms with van der Waals surface area (Å²) >= 11 is 1.51. The maximum atomic E-state index is 5.90. The van der Waals surface area contributed by atoms with Crippen molar-refractivity contribution < 1.29 is 4.74 Å². The van der Waals surface area contributed by atoms with Crippen LogP contribution in [-0.2, 0) is 0 Å². The van der Waals surface area contributed by atoms with Gasteiger partial charge in [0.05, 0.1) is 0 Å². The fraction of sp³-hybridized carbons (Fsp3) is 0.0952. The Balaban J connectivity index is 1.47. The predicted octanol–water partition coefficient (Wildman–Crippen LogP) is 5.02. The molecule has 0 aliphatic rings. The van der Waals surface area contributed by atoms with Crippen LogP contribution in [0.4, 0.5) is 17.5 Å². The number of benzene rings is 2. The molecule has 7 nitrogen and oxygen atoms in total. The number of rotatable bonds is 6. The van der Waals surface area contributed by atoms with Gasteiger partial charge in [-0.25, -0.2) is 4.98 Å². The van der Waals surface area contributed by atoms with Gasteiger partial charge in [0.2, 0.25) is 5.95 Å². The van der Waals surface area contributed by atoms with Gasteiger partial charge in [-0.3, -0.25) is 0 Å². The van der Waals surface area contributed by atoms with Gasteiger partial charge < -0.3 is 20.8 Å². The third-order valence-corrected chi connectivity index (χ3v) is 4.76. The fourth-order valence-electron chi connectivity index (χ4n) is 2.79. The largest absolute Gasteiger partial charge is 0.457 e. The summed E-state index contributed by atoms with van der Waals surface area (Å²) in [6.45, 7) is 2.04. The van der Waals surface area contributed by atoms with Gasteiger partial charge in [0.1, 0.15) is 22.3 Å². The van der Waals surface area contributed by atoms with E-state index in [-0.39, 0.29) is 0 Å². The fourth-order valence-corrected chi connectivity index (χ4v) is 3.22. The van der Waals surface area contributed by atoms with E-state index in [0.29, 0.717) is 29.1 Å². The molecular formula is C21H20N6OS. The second kappa shape index (κ2) is 8.24. The van der Waals surface area contributed by atoms with Crippen molar-refractivity contribution >= 4 is 29.2 Å². The summed E-state index contributed by atoms with van der Waals surface area (Å²) in [4.78, 5) is 7.41. The number of nitrogens with zero attached hydrogens (tertiary/aromatic N) is 3. The van der Waals surface area contributed by atoms with Crippen molar-refractivity contribution in [1.82, 2.24) is 20.2 Å². The normalized spacial score (nSPS) is 10.7. The Morgan fingerprint density at radius 3 is 2.59 bits per heavy atom. The monoisotopic (exact) mass is 404 g/mol. The number of nitrogen functional groups attached to an aromatic ring is 1. The SMILES string of the molecule is CSc1cc(Oc2ccc(-c3nnc(Nc4cccc(C)c4)[nH]3)cc2)cc(N)n1. The van der Waals surface area contributed by atoms with E-state index in [4.69, 9.17) is 10.5 Å². The number of hydrogen-bond donors (Lipinski definition) is 3. The zero-order chi connectivity index (χ0) is 20.2. The van der Waals surface area contributed by atoms with Crippen LogP contribution in [0.2, 0.25) is 0 Å². The molecule has 2 aromatic heterocycles. The van der Waals surface area contributed by atoms with Gasteiger partial charge in [-0.05, 0) is 55.1 Å². The van der Waals surface area contributed by atoms with Gasteiger partial charge >= 0.3 is 0 Å². The maximum Gasteiger partial charge on any atom is 0.226 e. The van der Waals surface area contributed by atoms with Crippen LogP contribution >= 0.6 is 11.8 Å². The van der Waals surface area contributed by atoms with Crippen LogP contribution in [0.3, 0.4) is 0 Å². The summed E-state index contributed by atoms with van der Waals surface area (Å²) in [6.07, 6.45) is 1.94. The van der Waals surface area contributed by atoms with E-state index in [1.807, 2.05) is 67.8 Å². The second-order valence-corrected chi connectivity index (χ2v) is 7.24. The van der Waals surface area contributed by atoms with Crippen LogP contribution in [0.25, 0.3) is 11.4 Å². The van der Waals surface area contributed by atoms with E-state index in [2.05, 4.69) is 25.5 Å². The van der Waals surface area contributed by atoms with Crippen molar-refractivity contribution in [3.05, 3.63) is 66.2 Å². The molecule has 0 atom stereocenters. The molecule has 8 heteroatoms. The molecule has 4 aromatic rings. The highest BCUT2D eigenvalue weighted by Crippen LogP contribution is 2.28. The van der Waals surface area contributed by atoms with Crippen molar-refractivity contribution in [3.63, 3.8) is 0 Å². The first-order chi connectivity index (χ1) is 14.1. The van der Waals surface area contributed by atoms with Crippen LogP contribution in [0, 0.1) is 6.92 Å². The molecule has 0 aliphatic carbocycles. The number of ether oxygens (including phenoxy) is 1. The first kappa shape index (κ1) is 18.8. The van der Waals surface area contributed by atoms with Gasteiger partial charge in [-0.2, -0.15) is 0 Å². The summed E-state index contributed by atoms with van der Waals surface area (Å²) in [7, 11) is 0. The Labute approximate surface area is 172 Å². The standard InChI is InChI=1S/C21H20N6OS/c1-13-4-3-5-15(10-13)23-21-25-20(26-27-21)14-6-8-16(9-7-14)28-17-11-18(22)24-19(12-17)29-2/h3-12H,1-2H3,(H2,22,24)(H2,23,25,26,27). The molecule has 0 radical (unpaired) electrons. The Morgan fingerprint density at radius 2 is 1.83 bits per heavy atom. The number of nitrogens with one attached hydrogen (secondary N) is 2. The molecule has 0 unspecified atom stereocenters. The smallest absolute Gasteiger partial charge is 0.226 e. The van der Waals surface area contributed by atoms with E-state index < -0.39 is 0 Å². The molecule has 4 N–H and O–H groups in total. The van der Waals surface area contributed by atoms with Gasteiger partial charge in [-0.1, -0.05) is 12.1 Å². The van der Waals surface area contributed by atoms with E-state index >= 15 is 0 Å². The van der Waals surface area contributed by atoms with Gasteiger partial charge in [0.25, 0.3) is 0 Å². The number of hydrogen-bond acceptors (Lipinski definition) is 7. The Hall–Kier alpha value is -3.52. The minimum absolute atomic E-state index is 0.429. The summed E-state index contributed by atoms with van der Waals surface area (Å²) in [6, 6.07) is 19.2. The van der Waals surface area contributed by atoms with Gasteiger partial charge in [0.15, 0.2) is 5.82 Å². The molecular weight excluding hydrogens is 384 g/mol. The van der Waals surface area contributed by atoms with Crippen LogP contribution in [0.15, 0.2) is 65.7 Å². The summed E-state index contributed by atoms with van der Waals surface area (Å²) in [5, 5.41) is 12.4. The number of aromatic amines is 1. The lowest BCUT2D eigenvalue weighted by Gasteiger charge is -2.08. The number of thioether (sulfide) groups is 1.